The van der Waals surface area contributed by atoms with Crippen LogP contribution in [-0.4, -0.2) is 50.4 Å². The van der Waals surface area contributed by atoms with Crippen molar-refractivity contribution >= 4 is 34.7 Å². The summed E-state index contributed by atoms with van der Waals surface area (Å²) in [7, 11) is 0. The summed E-state index contributed by atoms with van der Waals surface area (Å²) in [6, 6.07) is 0.278. The van der Waals surface area contributed by atoms with Crippen LogP contribution in [0, 0.1) is 0 Å². The van der Waals surface area contributed by atoms with E-state index in [0.717, 1.165) is 40.8 Å². The summed E-state index contributed by atoms with van der Waals surface area (Å²) >= 11 is 3.32. The van der Waals surface area contributed by atoms with E-state index in [2.05, 4.69) is 26.6 Å². The van der Waals surface area contributed by atoms with Crippen LogP contribution in [0.3, 0.4) is 0 Å². The van der Waals surface area contributed by atoms with Crippen molar-refractivity contribution in [3.63, 3.8) is 0 Å². The first-order valence-electron chi connectivity index (χ1n) is 9.31. The molecule has 0 radical (unpaired) electrons. The fraction of sp³-hybridized carbons (Fsp3) is 0.500. The second kappa shape index (κ2) is 8.71. The minimum absolute atomic E-state index is 0.278. The molecule has 1 atom stereocenters. The molecule has 0 bridgehead atoms. The van der Waals surface area contributed by atoms with Gasteiger partial charge in [-0.15, -0.1) is 11.3 Å². The summed E-state index contributed by atoms with van der Waals surface area (Å²) in [5.41, 5.74) is 2.80. The third kappa shape index (κ3) is 3.99. The molecule has 6 nitrogen and oxygen atoms in total. The van der Waals surface area contributed by atoms with Gasteiger partial charge in [0, 0.05) is 59.4 Å². The van der Waals surface area contributed by atoms with Gasteiger partial charge in [0.1, 0.15) is 0 Å². The minimum atomic E-state index is -2.64. The van der Waals surface area contributed by atoms with E-state index in [0.29, 0.717) is 16.8 Å². The molecule has 1 fully saturated rings. The van der Waals surface area contributed by atoms with Gasteiger partial charge in [0.2, 0.25) is 0 Å². The van der Waals surface area contributed by atoms with E-state index in [1.54, 1.807) is 29.5 Å². The monoisotopic (exact) mass is 424 g/mol. The number of fused-ring (bicyclic) bond motifs is 1. The maximum absolute atomic E-state index is 13.0. The molecule has 4 rings (SSSR count). The van der Waals surface area contributed by atoms with Crippen LogP contribution < -0.4 is 4.72 Å². The molecule has 28 heavy (non-hydrogen) atoms. The maximum atomic E-state index is 13.0. The summed E-state index contributed by atoms with van der Waals surface area (Å²) in [6.07, 6.45) is 7.88. The molecular weight excluding hydrogens is 402 g/mol. The highest BCUT2D eigenvalue weighted by Gasteiger charge is 2.36. The molecule has 0 aliphatic carbocycles. The van der Waals surface area contributed by atoms with Crippen molar-refractivity contribution in [2.45, 2.75) is 38.8 Å². The van der Waals surface area contributed by atoms with Gasteiger partial charge in [0.05, 0.1) is 12.7 Å². The molecule has 0 spiro atoms. The van der Waals surface area contributed by atoms with Crippen LogP contribution in [0.4, 0.5) is 8.78 Å². The summed E-state index contributed by atoms with van der Waals surface area (Å²) in [6.45, 7) is 0.788. The smallest absolute Gasteiger partial charge is 0.326 e. The van der Waals surface area contributed by atoms with Crippen molar-refractivity contribution < 1.29 is 8.78 Å². The average Bonchev–Trinajstić information content (AvgIpc) is 3.44. The fourth-order valence-corrected chi connectivity index (χ4v) is 5.01. The topological polar surface area (TPSA) is 58.3 Å². The molecule has 0 amide bonds. The van der Waals surface area contributed by atoms with Gasteiger partial charge >= 0.3 is 6.55 Å². The largest absolute Gasteiger partial charge is 0.333 e. The molecule has 0 saturated carbocycles. The van der Waals surface area contributed by atoms with E-state index in [1.807, 2.05) is 5.38 Å². The Morgan fingerprint density at radius 2 is 2.32 bits per heavy atom. The highest BCUT2D eigenvalue weighted by Crippen LogP contribution is 2.36. The normalized spacial score (nSPS) is 19.5. The lowest BCUT2D eigenvalue weighted by molar-refractivity contribution is 0.0566. The van der Waals surface area contributed by atoms with E-state index >= 15 is 0 Å². The fourth-order valence-electron chi connectivity index (χ4n) is 3.42. The Bertz CT molecular complexity index is 861. The minimum Gasteiger partial charge on any atom is -0.326 e. The standard InChI is InChI=1S/C18H22F2N6S2/c1-2-3-5-28-24-13-7-15-14(12-8-23-26(10-12)18(19)20)9-22-16(25(15)11-13)17-21-4-6-27-17/h4,6,8,10,13,18,24H,2-3,5,7,9,11H2,1H3. The van der Waals surface area contributed by atoms with Crippen LogP contribution >= 0.6 is 23.3 Å². The SMILES string of the molecule is CCCCSNC1CC2=C(c3cnn(C(F)F)c3)CN=C(c3nccs3)N2C1. The number of halogens is 2. The quantitative estimate of drug-likeness (QED) is 0.512. The number of nitrogens with one attached hydrogen (secondary N) is 1. The Labute approximate surface area is 170 Å². The van der Waals surface area contributed by atoms with Crippen molar-refractivity contribution in [2.24, 2.45) is 4.99 Å². The molecule has 10 heteroatoms. The van der Waals surface area contributed by atoms with E-state index < -0.39 is 6.55 Å². The van der Waals surface area contributed by atoms with Gasteiger partial charge in [-0.05, 0) is 6.42 Å². The van der Waals surface area contributed by atoms with Crippen LogP contribution in [0.2, 0.25) is 0 Å². The summed E-state index contributed by atoms with van der Waals surface area (Å²) in [5, 5.41) is 6.63. The van der Waals surface area contributed by atoms with E-state index in [1.165, 1.54) is 25.2 Å². The first-order valence-corrected chi connectivity index (χ1v) is 11.2. The molecule has 1 saturated heterocycles. The van der Waals surface area contributed by atoms with Crippen molar-refractivity contribution in [1.82, 2.24) is 24.4 Å². The molecule has 2 aliphatic rings. The Morgan fingerprint density at radius 3 is 3.04 bits per heavy atom. The van der Waals surface area contributed by atoms with Crippen LogP contribution in [-0.2, 0) is 0 Å². The molecule has 2 aromatic rings. The number of aromatic nitrogens is 3. The van der Waals surface area contributed by atoms with Crippen LogP contribution in [0.15, 0.2) is 34.7 Å². The van der Waals surface area contributed by atoms with Gasteiger partial charge in [-0.25, -0.2) is 9.67 Å². The highest BCUT2D eigenvalue weighted by molar-refractivity contribution is 7.97. The summed E-state index contributed by atoms with van der Waals surface area (Å²) in [5.74, 6) is 1.95. The van der Waals surface area contributed by atoms with Crippen LogP contribution in [0.1, 0.15) is 43.3 Å². The predicted octanol–water partition coefficient (Wildman–Crippen LogP) is 4.02. The molecule has 4 heterocycles. The second-order valence-corrected chi connectivity index (χ2v) is 8.55. The molecular formula is C18H22F2N6S2. The van der Waals surface area contributed by atoms with Crippen LogP contribution in [0.25, 0.3) is 5.57 Å². The van der Waals surface area contributed by atoms with Gasteiger partial charge in [-0.1, -0.05) is 25.3 Å². The number of rotatable bonds is 8. The lowest BCUT2D eigenvalue weighted by Gasteiger charge is -2.27. The van der Waals surface area contributed by atoms with Crippen molar-refractivity contribution in [1.29, 1.82) is 0 Å². The zero-order chi connectivity index (χ0) is 19.5. The Kier molecular flexibility index (Phi) is 6.07. The van der Waals surface area contributed by atoms with Gasteiger partial charge in [0.15, 0.2) is 10.8 Å². The second-order valence-electron chi connectivity index (χ2n) is 6.72. The molecule has 1 unspecified atom stereocenters. The molecule has 150 valence electrons. The Hall–Kier alpha value is -1.78. The first kappa shape index (κ1) is 19.5. The molecule has 1 N–H and O–H groups in total. The Morgan fingerprint density at radius 1 is 1.43 bits per heavy atom. The van der Waals surface area contributed by atoms with Crippen LogP contribution in [0.5, 0.6) is 0 Å². The van der Waals surface area contributed by atoms with Gasteiger partial charge < -0.3 is 4.90 Å². The number of nitrogens with zero attached hydrogens (tertiary/aromatic N) is 5. The lowest BCUT2D eigenvalue weighted by Crippen LogP contribution is -2.35. The number of hydrogen-bond acceptors (Lipinski definition) is 7. The number of amidine groups is 1. The van der Waals surface area contributed by atoms with Gasteiger partial charge in [0.25, 0.3) is 0 Å². The van der Waals surface area contributed by atoms with Crippen molar-refractivity contribution in [2.75, 3.05) is 18.8 Å². The summed E-state index contributed by atoms with van der Waals surface area (Å²) < 4.78 is 30.2. The van der Waals surface area contributed by atoms with Gasteiger partial charge in [-0.3, -0.25) is 9.71 Å². The molecule has 2 aliphatic heterocycles. The number of hydrogen-bond donors (Lipinski definition) is 1. The number of aliphatic imine (C=N–C) groups is 1. The number of unbranched alkanes of at least 4 members (excludes halogenated alkanes) is 1. The number of thiazole rings is 1. The first-order chi connectivity index (χ1) is 13.7. The average molecular weight is 425 g/mol. The zero-order valence-corrected chi connectivity index (χ0v) is 17.1. The van der Waals surface area contributed by atoms with E-state index in [4.69, 9.17) is 4.99 Å². The highest BCUT2D eigenvalue weighted by atomic mass is 32.2. The third-order valence-corrected chi connectivity index (χ3v) is 6.54. The van der Waals surface area contributed by atoms with E-state index in [-0.39, 0.29) is 6.04 Å². The van der Waals surface area contributed by atoms with Crippen molar-refractivity contribution in [3.05, 3.63) is 40.2 Å². The lowest BCUT2D eigenvalue weighted by atomic mass is 10.0. The molecule has 2 aromatic heterocycles. The summed E-state index contributed by atoms with van der Waals surface area (Å²) in [4.78, 5) is 11.4. The molecule has 0 aromatic carbocycles. The van der Waals surface area contributed by atoms with Crippen molar-refractivity contribution in [3.8, 4) is 0 Å². The van der Waals surface area contributed by atoms with Gasteiger partial charge in [-0.2, -0.15) is 13.9 Å². The Balaban J connectivity index is 1.59. The maximum Gasteiger partial charge on any atom is 0.333 e. The number of alkyl halides is 2. The predicted molar refractivity (Wildman–Crippen MR) is 110 cm³/mol. The third-order valence-electron chi connectivity index (χ3n) is 4.78. The van der Waals surface area contributed by atoms with E-state index in [9.17, 15) is 8.78 Å². The zero-order valence-electron chi connectivity index (χ0n) is 15.5.